The first-order valence-corrected chi connectivity index (χ1v) is 10.2. The number of ether oxygens (including phenoxy) is 1. The van der Waals surface area contributed by atoms with Gasteiger partial charge in [-0.3, -0.25) is 9.79 Å². The van der Waals surface area contributed by atoms with Gasteiger partial charge in [-0.1, -0.05) is 18.2 Å². The highest BCUT2D eigenvalue weighted by atomic mass is 127. The zero-order valence-electron chi connectivity index (χ0n) is 18.2. The maximum atomic E-state index is 11.1. The Morgan fingerprint density at radius 1 is 1.09 bits per heavy atom. The molecule has 1 aromatic heterocycles. The molecule has 9 heteroatoms. The van der Waals surface area contributed by atoms with E-state index in [0.717, 1.165) is 24.6 Å². The first-order chi connectivity index (χ1) is 15.1. The van der Waals surface area contributed by atoms with E-state index in [-0.39, 0.29) is 29.9 Å². The van der Waals surface area contributed by atoms with E-state index in [0.29, 0.717) is 24.6 Å². The molecule has 3 aromatic rings. The molecule has 32 heavy (non-hydrogen) atoms. The molecule has 2 aromatic carbocycles. The van der Waals surface area contributed by atoms with Gasteiger partial charge in [-0.2, -0.15) is 5.10 Å². The van der Waals surface area contributed by atoms with Crippen LogP contribution in [0.1, 0.15) is 12.5 Å². The maximum Gasteiger partial charge on any atom is 0.221 e. The average molecular weight is 548 g/mol. The fourth-order valence-electron chi connectivity index (χ4n) is 2.99. The second kappa shape index (κ2) is 13.4. The van der Waals surface area contributed by atoms with Crippen molar-refractivity contribution in [1.82, 2.24) is 20.4 Å². The van der Waals surface area contributed by atoms with Gasteiger partial charge in [-0.15, -0.1) is 24.0 Å². The molecule has 1 heterocycles. The molecule has 0 unspecified atom stereocenters. The number of aromatic nitrogens is 2. The number of carbonyl (C=O) groups is 1. The van der Waals surface area contributed by atoms with Crippen LogP contribution in [0, 0.1) is 0 Å². The second-order valence-corrected chi connectivity index (χ2v) is 6.85. The summed E-state index contributed by atoms with van der Waals surface area (Å²) in [6.45, 7) is 3.31. The van der Waals surface area contributed by atoms with E-state index in [9.17, 15) is 4.79 Å². The number of nitrogens with one attached hydrogen (secondary N) is 3. The lowest BCUT2D eigenvalue weighted by atomic mass is 10.1. The molecular weight excluding hydrogens is 519 g/mol. The fourth-order valence-corrected chi connectivity index (χ4v) is 2.99. The number of nitrogens with zero attached hydrogens (tertiary/aromatic N) is 3. The standard InChI is InChI=1S/C23H28N6O2.HI/c1-18(30)28-20-5-3-6-22(17-20)31-16-14-26-23(24-2)25-13-11-19-7-9-21(10-8-19)29-15-4-12-27-29;/h3-10,12,15,17H,11,13-14,16H2,1-2H3,(H,28,30)(H2,24,25,26);1H. The highest BCUT2D eigenvalue weighted by molar-refractivity contribution is 14.0. The van der Waals surface area contributed by atoms with Crippen LogP contribution in [0.2, 0.25) is 0 Å². The van der Waals surface area contributed by atoms with Gasteiger partial charge in [0.05, 0.1) is 12.2 Å². The van der Waals surface area contributed by atoms with Gasteiger partial charge in [0.15, 0.2) is 5.96 Å². The topological polar surface area (TPSA) is 92.6 Å². The van der Waals surface area contributed by atoms with Crippen molar-refractivity contribution in [2.24, 2.45) is 4.99 Å². The van der Waals surface area contributed by atoms with E-state index in [1.807, 2.05) is 35.1 Å². The smallest absolute Gasteiger partial charge is 0.221 e. The quantitative estimate of drug-likeness (QED) is 0.165. The molecular formula is C23H29IN6O2. The minimum absolute atomic E-state index is 0. The number of amides is 1. The van der Waals surface area contributed by atoms with Gasteiger partial charge in [0.25, 0.3) is 0 Å². The summed E-state index contributed by atoms with van der Waals surface area (Å²) in [5.74, 6) is 1.32. The minimum Gasteiger partial charge on any atom is -0.492 e. The average Bonchev–Trinajstić information content (AvgIpc) is 3.30. The van der Waals surface area contributed by atoms with Crippen molar-refractivity contribution < 1.29 is 9.53 Å². The number of guanidine groups is 1. The molecule has 8 nitrogen and oxygen atoms in total. The zero-order valence-corrected chi connectivity index (χ0v) is 20.6. The van der Waals surface area contributed by atoms with Gasteiger partial charge < -0.3 is 20.7 Å². The van der Waals surface area contributed by atoms with Crippen LogP contribution >= 0.6 is 24.0 Å². The molecule has 1 amide bonds. The molecule has 0 saturated heterocycles. The van der Waals surface area contributed by atoms with Crippen LogP contribution in [-0.2, 0) is 11.2 Å². The van der Waals surface area contributed by atoms with Gasteiger partial charge >= 0.3 is 0 Å². The molecule has 0 spiro atoms. The Morgan fingerprint density at radius 3 is 2.56 bits per heavy atom. The fraction of sp³-hybridized carbons (Fsp3) is 0.261. The molecule has 3 rings (SSSR count). The Bertz CT molecular complexity index is 990. The van der Waals surface area contributed by atoms with Gasteiger partial charge in [0.2, 0.25) is 5.91 Å². The summed E-state index contributed by atoms with van der Waals surface area (Å²) in [6, 6.07) is 17.6. The van der Waals surface area contributed by atoms with Crippen molar-refractivity contribution in [2.75, 3.05) is 32.1 Å². The second-order valence-electron chi connectivity index (χ2n) is 6.85. The highest BCUT2D eigenvalue weighted by Gasteiger charge is 2.01. The van der Waals surface area contributed by atoms with Crippen LogP contribution in [0.5, 0.6) is 5.75 Å². The van der Waals surface area contributed by atoms with E-state index >= 15 is 0 Å². The molecule has 0 saturated carbocycles. The molecule has 3 N–H and O–H groups in total. The van der Waals surface area contributed by atoms with E-state index in [1.54, 1.807) is 19.3 Å². The van der Waals surface area contributed by atoms with E-state index < -0.39 is 0 Å². The largest absolute Gasteiger partial charge is 0.492 e. The summed E-state index contributed by atoms with van der Waals surface area (Å²) < 4.78 is 7.57. The van der Waals surface area contributed by atoms with Crippen LogP contribution in [0.4, 0.5) is 5.69 Å². The third-order valence-electron chi connectivity index (χ3n) is 4.45. The maximum absolute atomic E-state index is 11.1. The number of rotatable bonds is 9. The lowest BCUT2D eigenvalue weighted by molar-refractivity contribution is -0.114. The molecule has 0 bridgehead atoms. The predicted octanol–water partition coefficient (Wildman–Crippen LogP) is 3.24. The van der Waals surface area contributed by atoms with Crippen molar-refractivity contribution >= 4 is 41.5 Å². The number of hydrogen-bond donors (Lipinski definition) is 3. The number of benzene rings is 2. The summed E-state index contributed by atoms with van der Waals surface area (Å²) in [5, 5.41) is 13.5. The normalized spacial score (nSPS) is 10.8. The van der Waals surface area contributed by atoms with Crippen LogP contribution in [0.15, 0.2) is 72.0 Å². The number of aliphatic imine (C=N–C) groups is 1. The molecule has 0 aliphatic rings. The molecule has 0 atom stereocenters. The van der Waals surface area contributed by atoms with Crippen molar-refractivity contribution in [3.05, 3.63) is 72.6 Å². The number of carbonyl (C=O) groups excluding carboxylic acids is 1. The summed E-state index contributed by atoms with van der Waals surface area (Å²) in [5.41, 5.74) is 3.00. The van der Waals surface area contributed by atoms with Gasteiger partial charge in [-0.05, 0) is 42.3 Å². The van der Waals surface area contributed by atoms with Crippen LogP contribution in [0.25, 0.3) is 5.69 Å². The summed E-state index contributed by atoms with van der Waals surface area (Å²) in [4.78, 5) is 15.4. The van der Waals surface area contributed by atoms with Gasteiger partial charge in [-0.25, -0.2) is 4.68 Å². The van der Waals surface area contributed by atoms with Crippen LogP contribution in [0.3, 0.4) is 0 Å². The third kappa shape index (κ3) is 8.22. The number of halogens is 1. The van der Waals surface area contributed by atoms with Gasteiger partial charge in [0, 0.05) is 44.7 Å². The lowest BCUT2D eigenvalue weighted by Gasteiger charge is -2.13. The van der Waals surface area contributed by atoms with Crippen molar-refractivity contribution in [2.45, 2.75) is 13.3 Å². The molecule has 0 fully saturated rings. The predicted molar refractivity (Wildman–Crippen MR) is 138 cm³/mol. The minimum atomic E-state index is -0.109. The first kappa shape index (κ1) is 25.2. The number of anilines is 1. The molecule has 170 valence electrons. The zero-order chi connectivity index (χ0) is 21.9. The van der Waals surface area contributed by atoms with Crippen LogP contribution < -0.4 is 20.7 Å². The van der Waals surface area contributed by atoms with E-state index in [1.165, 1.54) is 12.5 Å². The molecule has 0 radical (unpaired) electrons. The molecule has 0 aliphatic carbocycles. The van der Waals surface area contributed by atoms with Gasteiger partial charge in [0.1, 0.15) is 12.4 Å². The lowest BCUT2D eigenvalue weighted by Crippen LogP contribution is -2.40. The van der Waals surface area contributed by atoms with Crippen molar-refractivity contribution in [3.63, 3.8) is 0 Å². The highest BCUT2D eigenvalue weighted by Crippen LogP contribution is 2.17. The Hall–Kier alpha value is -3.08. The SMILES string of the molecule is CN=C(NCCOc1cccc(NC(C)=O)c1)NCCc1ccc(-n2cccn2)cc1.I. The monoisotopic (exact) mass is 548 g/mol. The Kier molecular flexibility index (Phi) is 10.5. The summed E-state index contributed by atoms with van der Waals surface area (Å²) in [6.07, 6.45) is 4.58. The number of hydrogen-bond acceptors (Lipinski definition) is 4. The summed E-state index contributed by atoms with van der Waals surface area (Å²) in [7, 11) is 1.74. The molecule has 0 aliphatic heterocycles. The Morgan fingerprint density at radius 2 is 1.88 bits per heavy atom. The Labute approximate surface area is 205 Å². The third-order valence-corrected chi connectivity index (χ3v) is 4.45. The van der Waals surface area contributed by atoms with E-state index in [2.05, 4.69) is 50.3 Å². The first-order valence-electron chi connectivity index (χ1n) is 10.2. The van der Waals surface area contributed by atoms with Crippen LogP contribution in [-0.4, -0.2) is 48.4 Å². The van der Waals surface area contributed by atoms with Crippen molar-refractivity contribution in [3.8, 4) is 11.4 Å². The Balaban J connectivity index is 0.00000363. The van der Waals surface area contributed by atoms with Crippen molar-refractivity contribution in [1.29, 1.82) is 0 Å². The summed E-state index contributed by atoms with van der Waals surface area (Å²) >= 11 is 0. The van der Waals surface area contributed by atoms with E-state index in [4.69, 9.17) is 4.74 Å².